The second kappa shape index (κ2) is 11.8. The normalized spacial score (nSPS) is 12.9. The van der Waals surface area contributed by atoms with Crippen molar-refractivity contribution in [2.75, 3.05) is 14.2 Å². The Morgan fingerprint density at radius 3 is 2.16 bits per heavy atom. The number of thiocarbonyl (C=S) groups is 1. The zero-order chi connectivity index (χ0) is 26.4. The predicted molar refractivity (Wildman–Crippen MR) is 143 cm³/mol. The molecule has 1 fully saturated rings. The van der Waals surface area contributed by atoms with Crippen molar-refractivity contribution in [3.05, 3.63) is 87.9 Å². The molecule has 0 spiro atoms. The Hall–Kier alpha value is -4.08. The fraction of sp³-hybridized carbons (Fsp3) is 0.148. The summed E-state index contributed by atoms with van der Waals surface area (Å²) in [5.74, 6) is 0.624. The molecule has 2 amide bonds. The summed E-state index contributed by atoms with van der Waals surface area (Å²) in [4.78, 5) is 24.3. The number of ether oxygens (including phenoxy) is 4. The molecule has 37 heavy (non-hydrogen) atoms. The Bertz CT molecular complexity index is 1350. The Labute approximate surface area is 224 Å². The van der Waals surface area contributed by atoms with Gasteiger partial charge in [-0.2, -0.15) is 0 Å². The van der Waals surface area contributed by atoms with Gasteiger partial charge < -0.3 is 18.9 Å². The largest absolute Gasteiger partial charge is 0.493 e. The number of halogens is 1. The van der Waals surface area contributed by atoms with Crippen LogP contribution in [0.3, 0.4) is 0 Å². The van der Waals surface area contributed by atoms with Gasteiger partial charge in [0, 0.05) is 0 Å². The molecule has 8 nitrogen and oxygen atoms in total. The highest BCUT2D eigenvalue weighted by atomic mass is 35.5. The summed E-state index contributed by atoms with van der Waals surface area (Å²) in [5.41, 5.74) is 2.23. The first kappa shape index (κ1) is 26.0. The molecular formula is C27H23ClN2O6S. The highest BCUT2D eigenvalue weighted by Crippen LogP contribution is 2.38. The monoisotopic (exact) mass is 538 g/mol. The first-order chi connectivity index (χ1) is 17.9. The summed E-state index contributed by atoms with van der Waals surface area (Å²) in [6.45, 7) is 0.590. The Kier molecular flexibility index (Phi) is 8.27. The minimum absolute atomic E-state index is 0.0427. The van der Waals surface area contributed by atoms with Gasteiger partial charge in [-0.15, -0.1) is 0 Å². The maximum absolute atomic E-state index is 12.1. The van der Waals surface area contributed by atoms with E-state index >= 15 is 0 Å². The molecule has 0 aromatic heterocycles. The smallest absolute Gasteiger partial charge is 0.263 e. The molecule has 10 heteroatoms. The summed E-state index contributed by atoms with van der Waals surface area (Å²) in [6.07, 6.45) is 1.39. The maximum Gasteiger partial charge on any atom is 0.263 e. The van der Waals surface area contributed by atoms with E-state index in [0.29, 0.717) is 35.2 Å². The van der Waals surface area contributed by atoms with E-state index in [4.69, 9.17) is 42.8 Å². The molecule has 1 saturated heterocycles. The van der Waals surface area contributed by atoms with Gasteiger partial charge in [0.15, 0.2) is 28.1 Å². The zero-order valence-electron chi connectivity index (χ0n) is 20.0. The summed E-state index contributed by atoms with van der Waals surface area (Å²) in [7, 11) is 3.04. The Morgan fingerprint density at radius 2 is 1.49 bits per heavy atom. The van der Waals surface area contributed by atoms with Crippen molar-refractivity contribution < 1.29 is 28.5 Å². The number of benzene rings is 3. The van der Waals surface area contributed by atoms with Crippen LogP contribution in [0, 0.1) is 0 Å². The summed E-state index contributed by atoms with van der Waals surface area (Å²) in [6, 6.07) is 18.5. The van der Waals surface area contributed by atoms with E-state index in [1.54, 1.807) is 19.2 Å². The van der Waals surface area contributed by atoms with Crippen molar-refractivity contribution in [1.82, 2.24) is 10.6 Å². The first-order valence-corrected chi connectivity index (χ1v) is 11.9. The van der Waals surface area contributed by atoms with E-state index < -0.39 is 11.8 Å². The van der Waals surface area contributed by atoms with E-state index in [1.807, 2.05) is 48.5 Å². The van der Waals surface area contributed by atoms with Gasteiger partial charge in [-0.05, 0) is 59.2 Å². The minimum atomic E-state index is -0.602. The highest BCUT2D eigenvalue weighted by Gasteiger charge is 2.26. The van der Waals surface area contributed by atoms with Crippen molar-refractivity contribution in [1.29, 1.82) is 0 Å². The van der Waals surface area contributed by atoms with Crippen LogP contribution in [-0.2, 0) is 22.8 Å². The average Bonchev–Trinajstić information content (AvgIpc) is 2.89. The maximum atomic E-state index is 12.1. The topological polar surface area (TPSA) is 95.1 Å². The van der Waals surface area contributed by atoms with Crippen molar-refractivity contribution in [3.8, 4) is 23.0 Å². The molecule has 0 atom stereocenters. The first-order valence-electron chi connectivity index (χ1n) is 11.1. The molecule has 1 aliphatic heterocycles. The van der Waals surface area contributed by atoms with Gasteiger partial charge >= 0.3 is 0 Å². The van der Waals surface area contributed by atoms with Crippen LogP contribution in [0.4, 0.5) is 0 Å². The number of amides is 2. The van der Waals surface area contributed by atoms with Gasteiger partial charge in [-0.25, -0.2) is 0 Å². The average molecular weight is 539 g/mol. The van der Waals surface area contributed by atoms with E-state index in [1.165, 1.54) is 13.2 Å². The Balaban J connectivity index is 1.48. The second-order valence-electron chi connectivity index (χ2n) is 7.88. The van der Waals surface area contributed by atoms with E-state index in [0.717, 1.165) is 11.1 Å². The number of hydrogen-bond acceptors (Lipinski definition) is 7. The standard InChI is InChI=1S/C27H23ClN2O6S/c1-33-22-12-17(8-9-21(22)35-14-16-6-4-3-5-7-16)15-36-24-20(28)11-18(13-23(24)34-2)10-19-25(31)29-27(37)30-26(19)32/h3-13H,14-15H2,1-2H3,(H2,29,30,31,32,37). The van der Waals surface area contributed by atoms with Gasteiger partial charge in [0.1, 0.15) is 18.8 Å². The molecule has 190 valence electrons. The fourth-order valence-corrected chi connectivity index (χ4v) is 4.01. The summed E-state index contributed by atoms with van der Waals surface area (Å²) < 4.78 is 22.8. The lowest BCUT2D eigenvalue weighted by Gasteiger charge is -2.17. The lowest BCUT2D eigenvalue weighted by molar-refractivity contribution is -0.123. The van der Waals surface area contributed by atoms with Crippen molar-refractivity contribution in [3.63, 3.8) is 0 Å². The summed E-state index contributed by atoms with van der Waals surface area (Å²) >= 11 is 11.3. The van der Waals surface area contributed by atoms with Gasteiger partial charge in [0.2, 0.25) is 0 Å². The van der Waals surface area contributed by atoms with Crippen LogP contribution in [-0.4, -0.2) is 31.1 Å². The molecule has 4 rings (SSSR count). The molecule has 0 radical (unpaired) electrons. The van der Waals surface area contributed by atoms with Crippen molar-refractivity contribution >= 4 is 46.8 Å². The van der Waals surface area contributed by atoms with Crippen LogP contribution in [0.1, 0.15) is 16.7 Å². The van der Waals surface area contributed by atoms with Crippen LogP contribution in [0.5, 0.6) is 23.0 Å². The minimum Gasteiger partial charge on any atom is -0.493 e. The van der Waals surface area contributed by atoms with Crippen LogP contribution in [0.2, 0.25) is 5.02 Å². The number of nitrogens with one attached hydrogen (secondary N) is 2. The lowest BCUT2D eigenvalue weighted by atomic mass is 10.1. The van der Waals surface area contributed by atoms with Gasteiger partial charge in [0.05, 0.1) is 19.2 Å². The fourth-order valence-electron chi connectivity index (χ4n) is 3.55. The highest BCUT2D eigenvalue weighted by molar-refractivity contribution is 7.80. The van der Waals surface area contributed by atoms with Crippen LogP contribution in [0.15, 0.2) is 66.2 Å². The van der Waals surface area contributed by atoms with Crippen LogP contribution in [0.25, 0.3) is 6.08 Å². The molecule has 1 heterocycles. The van der Waals surface area contributed by atoms with Gasteiger partial charge in [0.25, 0.3) is 11.8 Å². The second-order valence-corrected chi connectivity index (χ2v) is 8.69. The lowest BCUT2D eigenvalue weighted by Crippen LogP contribution is -2.51. The SMILES string of the molecule is COc1cc(COc2c(Cl)cc(C=C3C(=O)NC(=S)NC3=O)cc2OC)ccc1OCc1ccccc1. The third-order valence-corrected chi connectivity index (χ3v) is 5.84. The number of carbonyl (C=O) groups excluding carboxylic acids is 2. The van der Waals surface area contributed by atoms with E-state index in [-0.39, 0.29) is 22.3 Å². The molecule has 0 bridgehead atoms. The number of hydrogen-bond donors (Lipinski definition) is 2. The van der Waals surface area contributed by atoms with Gasteiger partial charge in [-0.3, -0.25) is 20.2 Å². The molecule has 0 aliphatic carbocycles. The molecule has 1 aliphatic rings. The number of rotatable bonds is 9. The molecule has 0 saturated carbocycles. The predicted octanol–water partition coefficient (Wildman–Crippen LogP) is 4.43. The third kappa shape index (κ3) is 6.38. The van der Waals surface area contributed by atoms with E-state index in [2.05, 4.69) is 10.6 Å². The molecule has 3 aromatic carbocycles. The number of carbonyl (C=O) groups is 2. The van der Waals surface area contributed by atoms with Gasteiger partial charge in [-0.1, -0.05) is 48.0 Å². The zero-order valence-corrected chi connectivity index (χ0v) is 21.6. The van der Waals surface area contributed by atoms with E-state index in [9.17, 15) is 9.59 Å². The van der Waals surface area contributed by atoms with Crippen molar-refractivity contribution in [2.45, 2.75) is 13.2 Å². The summed E-state index contributed by atoms with van der Waals surface area (Å²) in [5, 5.41) is 4.97. The van der Waals surface area contributed by atoms with Crippen LogP contribution < -0.4 is 29.6 Å². The molecule has 3 aromatic rings. The number of methoxy groups -OCH3 is 2. The quantitative estimate of drug-likeness (QED) is 0.236. The molecule has 2 N–H and O–H groups in total. The Morgan fingerprint density at radius 1 is 0.811 bits per heavy atom. The molecule has 0 unspecified atom stereocenters. The van der Waals surface area contributed by atoms with Crippen LogP contribution >= 0.6 is 23.8 Å². The third-order valence-electron chi connectivity index (χ3n) is 5.35. The van der Waals surface area contributed by atoms with Crippen molar-refractivity contribution in [2.24, 2.45) is 0 Å². The molecular weight excluding hydrogens is 516 g/mol.